The first-order valence-corrected chi connectivity index (χ1v) is 7.42. The van der Waals surface area contributed by atoms with Gasteiger partial charge in [-0.05, 0) is 29.5 Å². The quantitative estimate of drug-likeness (QED) is 0.868. The molecular formula is C18H24N2O. The molecule has 0 fully saturated rings. The van der Waals surface area contributed by atoms with Crippen molar-refractivity contribution in [1.82, 2.24) is 10.3 Å². The van der Waals surface area contributed by atoms with E-state index in [1.54, 1.807) is 7.11 Å². The number of hydrogen-bond acceptors (Lipinski definition) is 3. The number of pyridine rings is 1. The van der Waals surface area contributed by atoms with Crippen LogP contribution >= 0.6 is 0 Å². The first-order chi connectivity index (χ1) is 10.1. The summed E-state index contributed by atoms with van der Waals surface area (Å²) in [7, 11) is 1.63. The van der Waals surface area contributed by atoms with Crippen LogP contribution in [0.15, 0.2) is 42.6 Å². The Hall–Kier alpha value is -1.87. The molecule has 0 radical (unpaired) electrons. The van der Waals surface area contributed by atoms with E-state index in [9.17, 15) is 0 Å². The van der Waals surface area contributed by atoms with Crippen LogP contribution < -0.4 is 10.1 Å². The Kier molecular flexibility index (Phi) is 5.34. The molecule has 1 aromatic carbocycles. The van der Waals surface area contributed by atoms with E-state index in [0.717, 1.165) is 12.1 Å². The van der Waals surface area contributed by atoms with E-state index in [0.29, 0.717) is 17.8 Å². The summed E-state index contributed by atoms with van der Waals surface area (Å²) >= 11 is 0. The minimum Gasteiger partial charge on any atom is -0.481 e. The van der Waals surface area contributed by atoms with Crippen LogP contribution in [0.1, 0.15) is 49.4 Å². The summed E-state index contributed by atoms with van der Waals surface area (Å²) in [5.41, 5.74) is 3.84. The smallest absolute Gasteiger partial charge is 0.212 e. The van der Waals surface area contributed by atoms with Crippen molar-refractivity contribution in [2.45, 2.75) is 39.3 Å². The fourth-order valence-electron chi connectivity index (χ4n) is 2.19. The van der Waals surface area contributed by atoms with E-state index in [1.165, 1.54) is 11.1 Å². The van der Waals surface area contributed by atoms with Crippen molar-refractivity contribution in [2.24, 2.45) is 0 Å². The van der Waals surface area contributed by atoms with Crippen molar-refractivity contribution in [3.05, 3.63) is 59.3 Å². The molecule has 0 saturated carbocycles. The zero-order valence-electron chi connectivity index (χ0n) is 13.3. The fourth-order valence-corrected chi connectivity index (χ4v) is 2.19. The molecule has 2 aromatic rings. The van der Waals surface area contributed by atoms with Crippen LogP contribution in [0.25, 0.3) is 0 Å². The van der Waals surface area contributed by atoms with E-state index >= 15 is 0 Å². The van der Waals surface area contributed by atoms with Crippen LogP contribution in [0.4, 0.5) is 0 Å². The minimum atomic E-state index is 0.313. The van der Waals surface area contributed by atoms with E-state index in [-0.39, 0.29) is 0 Å². The number of rotatable bonds is 6. The number of nitrogens with zero attached hydrogens (tertiary/aromatic N) is 1. The highest BCUT2D eigenvalue weighted by molar-refractivity contribution is 5.26. The predicted octanol–water partition coefficient (Wildman–Crippen LogP) is 4.06. The van der Waals surface area contributed by atoms with Crippen LogP contribution in [0.3, 0.4) is 0 Å². The third kappa shape index (κ3) is 4.30. The van der Waals surface area contributed by atoms with Gasteiger partial charge in [-0.2, -0.15) is 0 Å². The molecule has 1 unspecified atom stereocenters. The third-order valence-corrected chi connectivity index (χ3v) is 3.72. The predicted molar refractivity (Wildman–Crippen MR) is 86.6 cm³/mol. The zero-order chi connectivity index (χ0) is 15.2. The highest BCUT2D eigenvalue weighted by atomic mass is 16.5. The van der Waals surface area contributed by atoms with Crippen molar-refractivity contribution in [2.75, 3.05) is 7.11 Å². The van der Waals surface area contributed by atoms with Gasteiger partial charge in [0.25, 0.3) is 0 Å². The lowest BCUT2D eigenvalue weighted by molar-refractivity contribution is 0.397. The van der Waals surface area contributed by atoms with Gasteiger partial charge in [-0.15, -0.1) is 0 Å². The minimum absolute atomic E-state index is 0.313. The van der Waals surface area contributed by atoms with Crippen LogP contribution in [0.5, 0.6) is 5.88 Å². The highest BCUT2D eigenvalue weighted by Gasteiger charge is 2.06. The lowest BCUT2D eigenvalue weighted by Gasteiger charge is -2.15. The molecule has 2 rings (SSSR count). The first kappa shape index (κ1) is 15.5. The molecule has 21 heavy (non-hydrogen) atoms. The SMILES string of the molecule is COc1ccc(CNC(C)c2ccc(C(C)C)cc2)cn1. The Morgan fingerprint density at radius 3 is 2.19 bits per heavy atom. The largest absolute Gasteiger partial charge is 0.481 e. The summed E-state index contributed by atoms with van der Waals surface area (Å²) in [6.07, 6.45) is 1.85. The lowest BCUT2D eigenvalue weighted by Crippen LogP contribution is -2.18. The number of benzene rings is 1. The lowest BCUT2D eigenvalue weighted by atomic mass is 9.99. The molecule has 3 heteroatoms. The number of hydrogen-bond donors (Lipinski definition) is 1. The van der Waals surface area contributed by atoms with Gasteiger partial charge in [-0.3, -0.25) is 0 Å². The Morgan fingerprint density at radius 2 is 1.67 bits per heavy atom. The number of aromatic nitrogens is 1. The summed E-state index contributed by atoms with van der Waals surface area (Å²) in [5, 5.41) is 3.52. The third-order valence-electron chi connectivity index (χ3n) is 3.72. The van der Waals surface area contributed by atoms with Gasteiger partial charge in [-0.25, -0.2) is 4.98 Å². The summed E-state index contributed by atoms with van der Waals surface area (Å²) in [6.45, 7) is 7.41. The molecule has 0 bridgehead atoms. The Balaban J connectivity index is 1.92. The van der Waals surface area contributed by atoms with Crippen molar-refractivity contribution < 1.29 is 4.74 Å². The molecule has 1 atom stereocenters. The molecule has 0 spiro atoms. The normalized spacial score (nSPS) is 12.4. The first-order valence-electron chi connectivity index (χ1n) is 7.42. The van der Waals surface area contributed by atoms with Crippen LogP contribution in [-0.2, 0) is 6.54 Å². The van der Waals surface area contributed by atoms with Gasteiger partial charge >= 0.3 is 0 Å². The fraction of sp³-hybridized carbons (Fsp3) is 0.389. The molecule has 0 aliphatic carbocycles. The summed E-state index contributed by atoms with van der Waals surface area (Å²) in [6, 6.07) is 13.1. The van der Waals surface area contributed by atoms with E-state index in [1.807, 2.05) is 18.3 Å². The summed E-state index contributed by atoms with van der Waals surface area (Å²) < 4.78 is 5.06. The number of ether oxygens (including phenoxy) is 1. The van der Waals surface area contributed by atoms with Gasteiger partial charge in [0, 0.05) is 24.8 Å². The highest BCUT2D eigenvalue weighted by Crippen LogP contribution is 2.19. The van der Waals surface area contributed by atoms with Gasteiger partial charge in [0.2, 0.25) is 5.88 Å². The number of nitrogens with one attached hydrogen (secondary N) is 1. The molecule has 0 aliphatic heterocycles. The van der Waals surface area contributed by atoms with Crippen LogP contribution in [-0.4, -0.2) is 12.1 Å². The molecule has 0 saturated heterocycles. The average Bonchev–Trinajstić information content (AvgIpc) is 2.53. The molecule has 3 nitrogen and oxygen atoms in total. The second kappa shape index (κ2) is 7.23. The monoisotopic (exact) mass is 284 g/mol. The molecule has 1 heterocycles. The molecule has 1 N–H and O–H groups in total. The average molecular weight is 284 g/mol. The van der Waals surface area contributed by atoms with Gasteiger partial charge < -0.3 is 10.1 Å². The van der Waals surface area contributed by atoms with Gasteiger partial charge in [0.05, 0.1) is 7.11 Å². The Labute approximate surface area is 127 Å². The van der Waals surface area contributed by atoms with E-state index in [2.05, 4.69) is 55.3 Å². The molecule has 0 aliphatic rings. The maximum Gasteiger partial charge on any atom is 0.212 e. The van der Waals surface area contributed by atoms with Crippen molar-refractivity contribution in [1.29, 1.82) is 0 Å². The van der Waals surface area contributed by atoms with Crippen molar-refractivity contribution in [3.63, 3.8) is 0 Å². The molecular weight excluding hydrogens is 260 g/mol. The van der Waals surface area contributed by atoms with Crippen LogP contribution in [0, 0.1) is 0 Å². The van der Waals surface area contributed by atoms with Crippen molar-refractivity contribution in [3.8, 4) is 5.88 Å². The second-order valence-electron chi connectivity index (χ2n) is 5.63. The Morgan fingerprint density at radius 1 is 1.00 bits per heavy atom. The second-order valence-corrected chi connectivity index (χ2v) is 5.63. The topological polar surface area (TPSA) is 34.1 Å². The maximum absolute atomic E-state index is 5.06. The Bertz CT molecular complexity index is 546. The zero-order valence-corrected chi connectivity index (χ0v) is 13.3. The maximum atomic E-state index is 5.06. The van der Waals surface area contributed by atoms with Crippen molar-refractivity contribution >= 4 is 0 Å². The van der Waals surface area contributed by atoms with Gasteiger partial charge in [0.15, 0.2) is 0 Å². The summed E-state index contributed by atoms with van der Waals surface area (Å²) in [5.74, 6) is 1.23. The van der Waals surface area contributed by atoms with Gasteiger partial charge in [-0.1, -0.05) is 44.2 Å². The molecule has 112 valence electrons. The molecule has 0 amide bonds. The van der Waals surface area contributed by atoms with Gasteiger partial charge in [0.1, 0.15) is 0 Å². The summed E-state index contributed by atoms with van der Waals surface area (Å²) in [4.78, 5) is 4.22. The standard InChI is InChI=1S/C18H24N2O/c1-13(2)16-6-8-17(9-7-16)14(3)19-11-15-5-10-18(21-4)20-12-15/h5-10,12-14,19H,11H2,1-4H3. The van der Waals surface area contributed by atoms with E-state index in [4.69, 9.17) is 4.74 Å². The van der Waals surface area contributed by atoms with E-state index < -0.39 is 0 Å². The number of methoxy groups -OCH3 is 1. The van der Waals surface area contributed by atoms with Crippen LogP contribution in [0.2, 0.25) is 0 Å². The molecule has 1 aromatic heterocycles.